The summed E-state index contributed by atoms with van der Waals surface area (Å²) >= 11 is 0. The van der Waals surface area contributed by atoms with Crippen molar-refractivity contribution >= 4 is 5.91 Å². The van der Waals surface area contributed by atoms with Gasteiger partial charge in [-0.3, -0.25) is 9.68 Å². The van der Waals surface area contributed by atoms with Crippen LogP contribution >= 0.6 is 0 Å². The molecule has 96 valence electrons. The molecule has 0 spiro atoms. The lowest BCUT2D eigenvalue weighted by atomic mass is 10.1. The van der Waals surface area contributed by atoms with Crippen molar-refractivity contribution in [1.29, 1.82) is 0 Å². The SMILES string of the molecule is CNC(C)(C)CNC(=O)c1noc(OO)c1C. The average molecular weight is 243 g/mol. The molecule has 0 aromatic carbocycles. The average Bonchev–Trinajstić information content (AvgIpc) is 2.67. The van der Waals surface area contributed by atoms with Crippen LogP contribution in [-0.2, 0) is 0 Å². The van der Waals surface area contributed by atoms with E-state index in [1.807, 2.05) is 20.9 Å². The van der Waals surface area contributed by atoms with Crippen molar-refractivity contribution in [3.8, 4) is 5.95 Å². The topological polar surface area (TPSA) is 96.6 Å². The molecule has 1 amide bonds. The number of nitrogens with one attached hydrogen (secondary N) is 2. The number of amides is 1. The normalized spacial score (nSPS) is 11.4. The Labute approximate surface area is 99.0 Å². The summed E-state index contributed by atoms with van der Waals surface area (Å²) in [6, 6.07) is 0. The molecule has 7 heteroatoms. The summed E-state index contributed by atoms with van der Waals surface area (Å²) in [6.07, 6.45) is 0. The molecule has 0 saturated heterocycles. The number of hydrogen-bond acceptors (Lipinski definition) is 6. The first-order chi connectivity index (χ1) is 7.91. The van der Waals surface area contributed by atoms with Crippen molar-refractivity contribution in [1.82, 2.24) is 15.8 Å². The molecule has 0 aliphatic carbocycles. The monoisotopic (exact) mass is 243 g/mol. The van der Waals surface area contributed by atoms with Crippen molar-refractivity contribution in [2.24, 2.45) is 0 Å². The van der Waals surface area contributed by atoms with Crippen LogP contribution in [0.3, 0.4) is 0 Å². The molecule has 7 nitrogen and oxygen atoms in total. The maximum Gasteiger partial charge on any atom is 0.350 e. The first-order valence-electron chi connectivity index (χ1n) is 5.16. The van der Waals surface area contributed by atoms with Crippen LogP contribution in [-0.4, -0.2) is 35.5 Å². The Morgan fingerprint density at radius 3 is 2.71 bits per heavy atom. The molecule has 0 atom stereocenters. The lowest BCUT2D eigenvalue weighted by molar-refractivity contribution is -0.158. The highest BCUT2D eigenvalue weighted by atomic mass is 17.1. The van der Waals surface area contributed by atoms with E-state index in [1.54, 1.807) is 6.92 Å². The molecule has 0 bridgehead atoms. The van der Waals surface area contributed by atoms with E-state index in [0.717, 1.165) is 0 Å². The van der Waals surface area contributed by atoms with E-state index in [1.165, 1.54) is 0 Å². The molecule has 1 aromatic rings. The first-order valence-corrected chi connectivity index (χ1v) is 5.16. The second-order valence-corrected chi connectivity index (χ2v) is 4.35. The minimum absolute atomic E-state index is 0.0981. The fourth-order valence-electron chi connectivity index (χ4n) is 1.09. The van der Waals surface area contributed by atoms with Gasteiger partial charge in [0.05, 0.1) is 5.56 Å². The lowest BCUT2D eigenvalue weighted by Crippen LogP contribution is -2.47. The van der Waals surface area contributed by atoms with Crippen LogP contribution in [0.25, 0.3) is 0 Å². The van der Waals surface area contributed by atoms with E-state index in [-0.39, 0.29) is 23.1 Å². The van der Waals surface area contributed by atoms with Crippen LogP contribution in [0.4, 0.5) is 0 Å². The van der Waals surface area contributed by atoms with Crippen molar-refractivity contribution in [2.45, 2.75) is 26.3 Å². The van der Waals surface area contributed by atoms with Crippen molar-refractivity contribution in [3.63, 3.8) is 0 Å². The Morgan fingerprint density at radius 1 is 1.59 bits per heavy atom. The third-order valence-corrected chi connectivity index (χ3v) is 2.55. The van der Waals surface area contributed by atoms with Crippen LogP contribution in [0, 0.1) is 6.92 Å². The zero-order valence-corrected chi connectivity index (χ0v) is 10.3. The highest BCUT2D eigenvalue weighted by Gasteiger charge is 2.22. The Kier molecular flexibility index (Phi) is 4.08. The molecule has 1 rings (SSSR count). The van der Waals surface area contributed by atoms with Crippen molar-refractivity contribution in [2.75, 3.05) is 13.6 Å². The van der Waals surface area contributed by atoms with Gasteiger partial charge in [-0.1, -0.05) is 5.16 Å². The molecular formula is C10H17N3O4. The Morgan fingerprint density at radius 2 is 2.24 bits per heavy atom. The molecule has 0 aliphatic heterocycles. The van der Waals surface area contributed by atoms with Gasteiger partial charge in [0.2, 0.25) is 0 Å². The Hall–Kier alpha value is -1.60. The quantitative estimate of drug-likeness (QED) is 0.516. The van der Waals surface area contributed by atoms with Crippen LogP contribution in [0.15, 0.2) is 4.52 Å². The lowest BCUT2D eigenvalue weighted by Gasteiger charge is -2.23. The van der Waals surface area contributed by atoms with Gasteiger partial charge in [-0.05, 0) is 27.8 Å². The second kappa shape index (κ2) is 5.15. The summed E-state index contributed by atoms with van der Waals surface area (Å²) in [7, 11) is 1.81. The largest absolute Gasteiger partial charge is 0.350 e. The van der Waals surface area contributed by atoms with Gasteiger partial charge < -0.3 is 15.2 Å². The summed E-state index contributed by atoms with van der Waals surface area (Å²) in [4.78, 5) is 15.7. The van der Waals surface area contributed by atoms with E-state index in [4.69, 9.17) is 5.26 Å². The summed E-state index contributed by atoms with van der Waals surface area (Å²) in [6.45, 7) is 5.90. The van der Waals surface area contributed by atoms with Crippen LogP contribution in [0.2, 0.25) is 0 Å². The van der Waals surface area contributed by atoms with E-state index in [2.05, 4.69) is 25.2 Å². The molecule has 0 aliphatic rings. The predicted octanol–water partition coefficient (Wildman–Crippen LogP) is 0.563. The number of aromatic nitrogens is 1. The summed E-state index contributed by atoms with van der Waals surface area (Å²) < 4.78 is 4.63. The molecule has 0 fully saturated rings. The molecule has 0 saturated carbocycles. The number of carbonyl (C=O) groups is 1. The highest BCUT2D eigenvalue weighted by molar-refractivity contribution is 5.93. The predicted molar refractivity (Wildman–Crippen MR) is 60.0 cm³/mol. The van der Waals surface area contributed by atoms with E-state index >= 15 is 0 Å². The molecular weight excluding hydrogens is 226 g/mol. The fraction of sp³-hybridized carbons (Fsp3) is 0.600. The number of nitrogens with zero attached hydrogens (tertiary/aromatic N) is 1. The molecule has 1 aromatic heterocycles. The standard InChI is InChI=1S/C10H17N3O4/c1-6-7(13-16-9(6)17-15)8(14)12-5-10(2,3)11-4/h11,15H,5H2,1-4H3,(H,12,14). The van der Waals surface area contributed by atoms with E-state index in [0.29, 0.717) is 12.1 Å². The van der Waals surface area contributed by atoms with Gasteiger partial charge in [-0.15, -0.1) is 0 Å². The molecule has 3 N–H and O–H groups in total. The van der Waals surface area contributed by atoms with Crippen molar-refractivity contribution in [3.05, 3.63) is 11.3 Å². The molecule has 0 radical (unpaired) electrons. The van der Waals surface area contributed by atoms with Gasteiger partial charge in [0.25, 0.3) is 5.91 Å². The molecule has 17 heavy (non-hydrogen) atoms. The Bertz CT molecular complexity index is 400. The summed E-state index contributed by atoms with van der Waals surface area (Å²) in [5.41, 5.74) is 0.233. The minimum Gasteiger partial charge on any atom is -0.349 e. The summed E-state index contributed by atoms with van der Waals surface area (Å²) in [5, 5.41) is 17.7. The zero-order chi connectivity index (χ0) is 13.1. The van der Waals surface area contributed by atoms with Gasteiger partial charge >= 0.3 is 5.95 Å². The molecule has 1 heterocycles. The highest BCUT2D eigenvalue weighted by Crippen LogP contribution is 2.20. The summed E-state index contributed by atoms with van der Waals surface area (Å²) in [5.74, 6) is -0.555. The van der Waals surface area contributed by atoms with E-state index < -0.39 is 0 Å². The van der Waals surface area contributed by atoms with Crippen LogP contribution < -0.4 is 15.5 Å². The number of rotatable bonds is 5. The smallest absolute Gasteiger partial charge is 0.349 e. The maximum absolute atomic E-state index is 11.8. The third kappa shape index (κ3) is 3.18. The van der Waals surface area contributed by atoms with Gasteiger partial charge in [0, 0.05) is 12.1 Å². The van der Waals surface area contributed by atoms with Gasteiger partial charge in [0.1, 0.15) is 0 Å². The second-order valence-electron chi connectivity index (χ2n) is 4.35. The van der Waals surface area contributed by atoms with Crippen LogP contribution in [0.1, 0.15) is 29.9 Å². The first kappa shape index (κ1) is 13.5. The molecule has 0 unspecified atom stereocenters. The Balaban J connectivity index is 2.67. The minimum atomic E-state index is -0.377. The fourth-order valence-corrected chi connectivity index (χ4v) is 1.09. The zero-order valence-electron chi connectivity index (χ0n) is 10.3. The van der Waals surface area contributed by atoms with Crippen molar-refractivity contribution < 1.29 is 19.5 Å². The van der Waals surface area contributed by atoms with Gasteiger partial charge in [-0.2, -0.15) is 5.26 Å². The third-order valence-electron chi connectivity index (χ3n) is 2.55. The number of hydrogen-bond donors (Lipinski definition) is 3. The van der Waals surface area contributed by atoms with E-state index in [9.17, 15) is 4.79 Å². The number of likely N-dealkylation sites (N-methyl/N-ethyl adjacent to an activating group) is 1. The number of carbonyl (C=O) groups excluding carboxylic acids is 1. The van der Waals surface area contributed by atoms with Gasteiger partial charge in [-0.25, -0.2) is 0 Å². The van der Waals surface area contributed by atoms with Crippen LogP contribution in [0.5, 0.6) is 5.95 Å². The van der Waals surface area contributed by atoms with Gasteiger partial charge in [0.15, 0.2) is 5.69 Å². The maximum atomic E-state index is 11.8.